The zero-order valence-corrected chi connectivity index (χ0v) is 11.5. The molecule has 4 heteroatoms. The minimum Gasteiger partial charge on any atom is -0.387 e. The van der Waals surface area contributed by atoms with E-state index in [1.807, 2.05) is 32.9 Å². The number of pyridine rings is 1. The third-order valence-electron chi connectivity index (χ3n) is 2.02. The average Bonchev–Trinajstić information content (AvgIpc) is 2.16. The Kier molecular flexibility index (Phi) is 4.89. The van der Waals surface area contributed by atoms with Crippen LogP contribution in [0, 0.1) is 0 Å². The molecule has 1 aromatic heterocycles. The summed E-state index contributed by atoms with van der Waals surface area (Å²) in [6.45, 7) is 6.52. The van der Waals surface area contributed by atoms with E-state index >= 15 is 0 Å². The smallest absolute Gasteiger partial charge is 0.0981 e. The number of hydrogen-bond acceptors (Lipinski definition) is 3. The molecule has 1 N–H and O–H groups in total. The summed E-state index contributed by atoms with van der Waals surface area (Å²) in [6, 6.07) is 3.68. The Labute approximate surface area is 105 Å². The van der Waals surface area contributed by atoms with Gasteiger partial charge < -0.3 is 9.84 Å². The van der Waals surface area contributed by atoms with E-state index in [-0.39, 0.29) is 5.60 Å². The Morgan fingerprint density at radius 3 is 2.62 bits per heavy atom. The van der Waals surface area contributed by atoms with Crippen molar-refractivity contribution in [2.75, 3.05) is 6.61 Å². The molecule has 1 aromatic rings. The molecule has 0 bridgehead atoms. The molecule has 0 aliphatic rings. The van der Waals surface area contributed by atoms with Crippen molar-refractivity contribution in [1.29, 1.82) is 0 Å². The predicted molar refractivity (Wildman–Crippen MR) is 67.2 cm³/mol. The van der Waals surface area contributed by atoms with Crippen LogP contribution in [0.25, 0.3) is 0 Å². The lowest BCUT2D eigenvalue weighted by atomic mass is 10.1. The van der Waals surface area contributed by atoms with Crippen molar-refractivity contribution < 1.29 is 9.84 Å². The molecule has 0 aliphatic heterocycles. The second-order valence-corrected chi connectivity index (χ2v) is 5.58. The van der Waals surface area contributed by atoms with Gasteiger partial charge in [0.05, 0.1) is 24.0 Å². The summed E-state index contributed by atoms with van der Waals surface area (Å²) in [6.07, 6.45) is 1.69. The first-order valence-electron chi connectivity index (χ1n) is 5.32. The first-order valence-corrected chi connectivity index (χ1v) is 6.11. The highest BCUT2D eigenvalue weighted by molar-refractivity contribution is 9.10. The molecule has 16 heavy (non-hydrogen) atoms. The molecule has 0 spiro atoms. The van der Waals surface area contributed by atoms with Crippen LogP contribution in [0.3, 0.4) is 0 Å². The lowest BCUT2D eigenvalue weighted by molar-refractivity contribution is -0.0191. The summed E-state index contributed by atoms with van der Waals surface area (Å²) < 4.78 is 6.46. The number of aromatic nitrogens is 1. The number of hydrogen-bond donors (Lipinski definition) is 1. The number of ether oxygens (including phenoxy) is 1. The maximum atomic E-state index is 9.85. The molecule has 1 atom stereocenters. The van der Waals surface area contributed by atoms with Crippen LogP contribution in [0.5, 0.6) is 0 Å². The lowest BCUT2D eigenvalue weighted by Gasteiger charge is -2.20. The minimum absolute atomic E-state index is 0.160. The van der Waals surface area contributed by atoms with E-state index in [1.165, 1.54) is 0 Å². The molecule has 0 radical (unpaired) electrons. The van der Waals surface area contributed by atoms with Crippen LogP contribution in [-0.4, -0.2) is 22.3 Å². The zero-order chi connectivity index (χ0) is 12.2. The van der Waals surface area contributed by atoms with Crippen molar-refractivity contribution in [3.05, 3.63) is 28.5 Å². The van der Waals surface area contributed by atoms with Crippen LogP contribution < -0.4 is 0 Å². The van der Waals surface area contributed by atoms with Gasteiger partial charge in [-0.2, -0.15) is 0 Å². The standard InChI is InChI=1S/C12H18BrNO2/c1-12(2,3)16-7-6-11(15)10-5-4-9(13)8-14-10/h4-5,8,11,15H,6-7H2,1-3H3. The fraction of sp³-hybridized carbons (Fsp3) is 0.583. The second kappa shape index (κ2) is 5.75. The summed E-state index contributed by atoms with van der Waals surface area (Å²) in [4.78, 5) is 4.14. The summed E-state index contributed by atoms with van der Waals surface area (Å²) in [5.41, 5.74) is 0.521. The van der Waals surface area contributed by atoms with Crippen LogP contribution in [0.1, 0.15) is 39.0 Å². The normalized spacial score (nSPS) is 13.8. The van der Waals surface area contributed by atoms with Crippen molar-refractivity contribution >= 4 is 15.9 Å². The van der Waals surface area contributed by atoms with E-state index in [4.69, 9.17) is 4.74 Å². The maximum Gasteiger partial charge on any atom is 0.0981 e. The fourth-order valence-corrected chi connectivity index (χ4v) is 1.44. The monoisotopic (exact) mass is 287 g/mol. The molecular formula is C12H18BrNO2. The first-order chi connectivity index (χ1) is 7.38. The summed E-state index contributed by atoms with van der Waals surface area (Å²) in [7, 11) is 0. The average molecular weight is 288 g/mol. The van der Waals surface area contributed by atoms with Gasteiger partial charge in [-0.05, 0) is 48.8 Å². The highest BCUT2D eigenvalue weighted by atomic mass is 79.9. The summed E-state index contributed by atoms with van der Waals surface area (Å²) in [5.74, 6) is 0. The molecule has 1 unspecified atom stereocenters. The molecular weight excluding hydrogens is 270 g/mol. The molecule has 1 rings (SSSR count). The Bertz CT molecular complexity index is 319. The van der Waals surface area contributed by atoms with Crippen molar-refractivity contribution in [2.45, 2.75) is 38.9 Å². The predicted octanol–water partition coefficient (Wildman–Crippen LogP) is 3.08. The van der Waals surface area contributed by atoms with Crippen molar-refractivity contribution in [3.63, 3.8) is 0 Å². The van der Waals surface area contributed by atoms with Crippen LogP contribution in [0.4, 0.5) is 0 Å². The van der Waals surface area contributed by atoms with Gasteiger partial charge in [-0.15, -0.1) is 0 Å². The largest absolute Gasteiger partial charge is 0.387 e. The molecule has 1 heterocycles. The van der Waals surface area contributed by atoms with E-state index < -0.39 is 6.10 Å². The summed E-state index contributed by atoms with van der Waals surface area (Å²) in [5, 5.41) is 9.85. The molecule has 0 aliphatic carbocycles. The van der Waals surface area contributed by atoms with Gasteiger partial charge in [0, 0.05) is 17.1 Å². The van der Waals surface area contributed by atoms with Crippen LogP contribution in [0.2, 0.25) is 0 Å². The molecule has 0 aromatic carbocycles. The van der Waals surface area contributed by atoms with Crippen LogP contribution in [-0.2, 0) is 4.74 Å². The van der Waals surface area contributed by atoms with Gasteiger partial charge in [0.1, 0.15) is 0 Å². The van der Waals surface area contributed by atoms with E-state index in [9.17, 15) is 5.11 Å². The molecule has 90 valence electrons. The molecule has 0 fully saturated rings. The Morgan fingerprint density at radius 2 is 2.12 bits per heavy atom. The molecule has 0 saturated carbocycles. The summed E-state index contributed by atoms with van der Waals surface area (Å²) >= 11 is 3.30. The lowest BCUT2D eigenvalue weighted by Crippen LogP contribution is -2.20. The number of aliphatic hydroxyl groups excluding tert-OH is 1. The van der Waals surface area contributed by atoms with E-state index in [0.29, 0.717) is 18.7 Å². The van der Waals surface area contributed by atoms with Crippen molar-refractivity contribution in [1.82, 2.24) is 4.98 Å². The van der Waals surface area contributed by atoms with Gasteiger partial charge in [-0.25, -0.2) is 0 Å². The number of rotatable bonds is 4. The quantitative estimate of drug-likeness (QED) is 0.925. The van der Waals surface area contributed by atoms with Crippen LogP contribution >= 0.6 is 15.9 Å². The second-order valence-electron chi connectivity index (χ2n) is 4.67. The third kappa shape index (κ3) is 5.05. The van der Waals surface area contributed by atoms with Crippen molar-refractivity contribution in [2.24, 2.45) is 0 Å². The molecule has 0 amide bonds. The maximum absolute atomic E-state index is 9.85. The van der Waals surface area contributed by atoms with Gasteiger partial charge in [0.15, 0.2) is 0 Å². The van der Waals surface area contributed by atoms with Crippen molar-refractivity contribution in [3.8, 4) is 0 Å². The van der Waals surface area contributed by atoms with Gasteiger partial charge in [-0.1, -0.05) is 0 Å². The Balaban J connectivity index is 2.41. The molecule has 0 saturated heterocycles. The third-order valence-corrected chi connectivity index (χ3v) is 2.49. The van der Waals surface area contributed by atoms with Gasteiger partial charge in [-0.3, -0.25) is 4.98 Å². The number of aliphatic hydroxyl groups is 1. The van der Waals surface area contributed by atoms with Crippen LogP contribution in [0.15, 0.2) is 22.8 Å². The topological polar surface area (TPSA) is 42.4 Å². The van der Waals surface area contributed by atoms with Gasteiger partial charge >= 0.3 is 0 Å². The van der Waals surface area contributed by atoms with Gasteiger partial charge in [0.25, 0.3) is 0 Å². The first kappa shape index (κ1) is 13.6. The fourth-order valence-electron chi connectivity index (χ4n) is 1.21. The highest BCUT2D eigenvalue weighted by Crippen LogP contribution is 2.17. The van der Waals surface area contributed by atoms with Gasteiger partial charge in [0.2, 0.25) is 0 Å². The Morgan fingerprint density at radius 1 is 1.44 bits per heavy atom. The minimum atomic E-state index is -0.560. The number of halogens is 1. The number of nitrogens with zero attached hydrogens (tertiary/aromatic N) is 1. The SMILES string of the molecule is CC(C)(C)OCCC(O)c1ccc(Br)cn1. The van der Waals surface area contributed by atoms with E-state index in [1.54, 1.807) is 6.20 Å². The molecule has 3 nitrogen and oxygen atoms in total. The van der Waals surface area contributed by atoms with E-state index in [2.05, 4.69) is 20.9 Å². The zero-order valence-electron chi connectivity index (χ0n) is 9.90. The van der Waals surface area contributed by atoms with E-state index in [0.717, 1.165) is 4.47 Å². The Hall–Kier alpha value is -0.450. The highest BCUT2D eigenvalue weighted by Gasteiger charge is 2.13.